The lowest BCUT2D eigenvalue weighted by Crippen LogP contribution is -2.37. The van der Waals surface area contributed by atoms with E-state index in [4.69, 9.17) is 4.74 Å². The molecule has 1 heterocycles. The molecule has 0 aliphatic heterocycles. The van der Waals surface area contributed by atoms with Crippen molar-refractivity contribution in [2.45, 2.75) is 44.8 Å². The summed E-state index contributed by atoms with van der Waals surface area (Å²) in [5, 5.41) is 8.72. The minimum atomic E-state index is 0. The first kappa shape index (κ1) is 18.7. The third-order valence-corrected chi connectivity index (χ3v) is 4.38. The van der Waals surface area contributed by atoms with Crippen LogP contribution in [-0.2, 0) is 11.3 Å². The molecule has 0 unspecified atom stereocenters. The Balaban J connectivity index is 0.00000220. The molecule has 0 aromatic carbocycles. The van der Waals surface area contributed by atoms with Gasteiger partial charge < -0.3 is 15.4 Å². The minimum absolute atomic E-state index is 0. The standard InChI is InChI=1S/C15H25N3OS.HI/c1-16-15(18-12-14-8-4-11-20-14)17-9-5-10-19-13-6-2-3-7-13;/h4,8,11,13H,2-3,5-7,9-10,12H2,1H3,(H2,16,17,18);1H. The molecule has 4 nitrogen and oxygen atoms in total. The molecule has 2 rings (SSSR count). The van der Waals surface area contributed by atoms with Crippen LogP contribution in [0.1, 0.15) is 37.0 Å². The summed E-state index contributed by atoms with van der Waals surface area (Å²) in [6.07, 6.45) is 6.71. The molecule has 1 fully saturated rings. The predicted octanol–water partition coefficient (Wildman–Crippen LogP) is 3.38. The molecule has 2 N–H and O–H groups in total. The van der Waals surface area contributed by atoms with Crippen LogP contribution in [0.5, 0.6) is 0 Å². The molecule has 0 spiro atoms. The van der Waals surface area contributed by atoms with Gasteiger partial charge in [0.25, 0.3) is 0 Å². The van der Waals surface area contributed by atoms with Crippen LogP contribution in [0.2, 0.25) is 0 Å². The fourth-order valence-corrected chi connectivity index (χ4v) is 3.03. The van der Waals surface area contributed by atoms with Gasteiger partial charge in [0.05, 0.1) is 12.6 Å². The SMILES string of the molecule is CN=C(NCCCOC1CCCC1)NCc1cccs1.I. The zero-order chi connectivity index (χ0) is 14.0. The van der Waals surface area contributed by atoms with E-state index >= 15 is 0 Å². The number of hydrogen-bond donors (Lipinski definition) is 2. The first-order valence-electron chi connectivity index (χ1n) is 7.47. The first-order valence-corrected chi connectivity index (χ1v) is 8.35. The van der Waals surface area contributed by atoms with Gasteiger partial charge in [0.15, 0.2) is 5.96 Å². The quantitative estimate of drug-likeness (QED) is 0.306. The van der Waals surface area contributed by atoms with Gasteiger partial charge in [-0.15, -0.1) is 35.3 Å². The van der Waals surface area contributed by atoms with Crippen LogP contribution in [0.25, 0.3) is 0 Å². The zero-order valence-corrected chi connectivity index (χ0v) is 15.8. The molecule has 1 aliphatic carbocycles. The summed E-state index contributed by atoms with van der Waals surface area (Å²) in [5.74, 6) is 0.860. The van der Waals surface area contributed by atoms with Gasteiger partial charge in [-0.05, 0) is 30.7 Å². The molecule has 6 heteroatoms. The van der Waals surface area contributed by atoms with Gasteiger partial charge in [-0.25, -0.2) is 0 Å². The summed E-state index contributed by atoms with van der Waals surface area (Å²) in [5.41, 5.74) is 0. The average molecular weight is 423 g/mol. The average Bonchev–Trinajstić information content (AvgIpc) is 3.14. The molecule has 0 atom stereocenters. The summed E-state index contributed by atoms with van der Waals surface area (Å²) >= 11 is 1.76. The predicted molar refractivity (Wildman–Crippen MR) is 101 cm³/mol. The lowest BCUT2D eigenvalue weighted by Gasteiger charge is -2.13. The Morgan fingerprint density at radius 2 is 2.19 bits per heavy atom. The lowest BCUT2D eigenvalue weighted by molar-refractivity contribution is 0.0574. The van der Waals surface area contributed by atoms with Crippen LogP contribution in [0.3, 0.4) is 0 Å². The van der Waals surface area contributed by atoms with E-state index in [0.717, 1.165) is 32.1 Å². The summed E-state index contributed by atoms with van der Waals surface area (Å²) in [4.78, 5) is 5.54. The number of guanidine groups is 1. The monoisotopic (exact) mass is 423 g/mol. The van der Waals surface area contributed by atoms with E-state index in [2.05, 4.69) is 33.1 Å². The van der Waals surface area contributed by atoms with Crippen molar-refractivity contribution in [3.05, 3.63) is 22.4 Å². The summed E-state index contributed by atoms with van der Waals surface area (Å²) in [6, 6.07) is 4.19. The maximum atomic E-state index is 5.84. The number of aliphatic imine (C=N–C) groups is 1. The Morgan fingerprint density at radius 1 is 1.38 bits per heavy atom. The van der Waals surface area contributed by atoms with Crippen molar-refractivity contribution in [3.8, 4) is 0 Å². The maximum Gasteiger partial charge on any atom is 0.191 e. The van der Waals surface area contributed by atoms with Crippen molar-refractivity contribution in [3.63, 3.8) is 0 Å². The van der Waals surface area contributed by atoms with E-state index in [1.54, 1.807) is 18.4 Å². The van der Waals surface area contributed by atoms with Gasteiger partial charge in [0.2, 0.25) is 0 Å². The Bertz CT molecular complexity index is 392. The first-order chi connectivity index (χ1) is 9.88. The molecule has 21 heavy (non-hydrogen) atoms. The zero-order valence-electron chi connectivity index (χ0n) is 12.6. The highest BCUT2D eigenvalue weighted by Gasteiger charge is 2.14. The van der Waals surface area contributed by atoms with Crippen LogP contribution >= 0.6 is 35.3 Å². The van der Waals surface area contributed by atoms with Crippen LogP contribution in [0, 0.1) is 0 Å². The highest BCUT2D eigenvalue weighted by atomic mass is 127. The van der Waals surface area contributed by atoms with E-state index < -0.39 is 0 Å². The fraction of sp³-hybridized carbons (Fsp3) is 0.667. The van der Waals surface area contributed by atoms with Crippen LogP contribution in [0.15, 0.2) is 22.5 Å². The summed E-state index contributed by atoms with van der Waals surface area (Å²) in [6.45, 7) is 2.58. The number of thiophene rings is 1. The fourth-order valence-electron chi connectivity index (χ4n) is 2.39. The van der Waals surface area contributed by atoms with Crippen LogP contribution < -0.4 is 10.6 Å². The van der Waals surface area contributed by atoms with E-state index in [9.17, 15) is 0 Å². The van der Waals surface area contributed by atoms with Crippen molar-refractivity contribution in [2.75, 3.05) is 20.2 Å². The molecule has 0 bridgehead atoms. The van der Waals surface area contributed by atoms with Gasteiger partial charge >= 0.3 is 0 Å². The van der Waals surface area contributed by atoms with Gasteiger partial charge in [-0.2, -0.15) is 0 Å². The summed E-state index contributed by atoms with van der Waals surface area (Å²) < 4.78 is 5.84. The second-order valence-electron chi connectivity index (χ2n) is 5.06. The number of halogens is 1. The van der Waals surface area contributed by atoms with E-state index in [1.807, 2.05) is 0 Å². The van der Waals surface area contributed by atoms with Crippen LogP contribution in [0.4, 0.5) is 0 Å². The molecule has 1 aliphatic rings. The Labute approximate surface area is 148 Å². The van der Waals surface area contributed by atoms with Crippen LogP contribution in [-0.4, -0.2) is 32.3 Å². The Kier molecular flexibility index (Phi) is 10.0. The molecule has 1 aromatic heterocycles. The third-order valence-electron chi connectivity index (χ3n) is 3.50. The van der Waals surface area contributed by atoms with Gasteiger partial charge in [0, 0.05) is 25.1 Å². The number of rotatable bonds is 7. The van der Waals surface area contributed by atoms with E-state index in [1.165, 1.54) is 30.6 Å². The maximum absolute atomic E-state index is 5.84. The molecule has 0 amide bonds. The second-order valence-corrected chi connectivity index (χ2v) is 6.09. The number of hydrogen-bond acceptors (Lipinski definition) is 3. The minimum Gasteiger partial charge on any atom is -0.378 e. The second kappa shape index (κ2) is 11.3. The van der Waals surface area contributed by atoms with E-state index in [-0.39, 0.29) is 24.0 Å². The van der Waals surface area contributed by atoms with Gasteiger partial charge in [-0.1, -0.05) is 18.9 Å². The summed E-state index contributed by atoms with van der Waals surface area (Å²) in [7, 11) is 1.80. The smallest absolute Gasteiger partial charge is 0.191 e. The van der Waals surface area contributed by atoms with Gasteiger partial charge in [-0.3, -0.25) is 4.99 Å². The highest BCUT2D eigenvalue weighted by Crippen LogP contribution is 2.20. The van der Waals surface area contributed by atoms with Crippen molar-refractivity contribution < 1.29 is 4.74 Å². The Morgan fingerprint density at radius 3 is 2.86 bits per heavy atom. The topological polar surface area (TPSA) is 45.7 Å². The van der Waals surface area contributed by atoms with Gasteiger partial charge in [0.1, 0.15) is 0 Å². The molecule has 1 saturated carbocycles. The number of nitrogens with one attached hydrogen (secondary N) is 2. The lowest BCUT2D eigenvalue weighted by atomic mass is 10.3. The molecule has 0 radical (unpaired) electrons. The van der Waals surface area contributed by atoms with Crippen molar-refractivity contribution in [1.82, 2.24) is 10.6 Å². The molecule has 120 valence electrons. The molecule has 1 aromatic rings. The van der Waals surface area contributed by atoms with Crippen molar-refractivity contribution >= 4 is 41.3 Å². The van der Waals surface area contributed by atoms with Crippen molar-refractivity contribution in [1.29, 1.82) is 0 Å². The normalized spacial score (nSPS) is 15.8. The van der Waals surface area contributed by atoms with E-state index in [0.29, 0.717) is 6.10 Å². The largest absolute Gasteiger partial charge is 0.378 e. The molecule has 0 saturated heterocycles. The number of nitrogens with zero attached hydrogens (tertiary/aromatic N) is 1. The third kappa shape index (κ3) is 7.46. The Hall–Kier alpha value is -0.340. The highest BCUT2D eigenvalue weighted by molar-refractivity contribution is 14.0. The molecular formula is C15H26IN3OS. The number of ether oxygens (including phenoxy) is 1. The van der Waals surface area contributed by atoms with Crippen molar-refractivity contribution in [2.24, 2.45) is 4.99 Å². The molecular weight excluding hydrogens is 397 g/mol.